The Balaban J connectivity index is 1.75. The van der Waals surface area contributed by atoms with Crippen molar-refractivity contribution < 1.29 is 9.59 Å². The van der Waals surface area contributed by atoms with E-state index < -0.39 is 6.03 Å². The molecule has 0 aliphatic carbocycles. The lowest BCUT2D eigenvalue weighted by Gasteiger charge is -2.30. The molecular formula is C18H27N5O2S. The SMILES string of the molecule is CCCCc1ccc(NC(=S)NNC(=O)[C@@H]2CCCN(C(N)=O)C2)cc1. The van der Waals surface area contributed by atoms with Crippen LogP contribution in [0.4, 0.5) is 10.5 Å². The van der Waals surface area contributed by atoms with E-state index >= 15 is 0 Å². The van der Waals surface area contributed by atoms with Gasteiger partial charge in [0.15, 0.2) is 5.11 Å². The molecule has 1 fully saturated rings. The fourth-order valence-electron chi connectivity index (χ4n) is 2.91. The van der Waals surface area contributed by atoms with Gasteiger partial charge in [-0.3, -0.25) is 15.6 Å². The zero-order chi connectivity index (χ0) is 18.9. The molecule has 0 aromatic heterocycles. The number of hydrogen-bond donors (Lipinski definition) is 4. The first-order valence-electron chi connectivity index (χ1n) is 8.99. The van der Waals surface area contributed by atoms with Gasteiger partial charge < -0.3 is 16.0 Å². The average Bonchev–Trinajstić information content (AvgIpc) is 2.65. The van der Waals surface area contributed by atoms with Gasteiger partial charge in [0.05, 0.1) is 5.92 Å². The summed E-state index contributed by atoms with van der Waals surface area (Å²) in [5, 5.41) is 3.34. The number of likely N-dealkylation sites (tertiary alicyclic amines) is 1. The molecular weight excluding hydrogens is 350 g/mol. The zero-order valence-corrected chi connectivity index (χ0v) is 15.9. The summed E-state index contributed by atoms with van der Waals surface area (Å²) < 4.78 is 0. The number of benzene rings is 1. The predicted octanol–water partition coefficient (Wildman–Crippen LogP) is 2.14. The number of amides is 3. The maximum Gasteiger partial charge on any atom is 0.314 e. The van der Waals surface area contributed by atoms with Gasteiger partial charge in [-0.25, -0.2) is 4.79 Å². The minimum atomic E-state index is -0.491. The van der Waals surface area contributed by atoms with Gasteiger partial charge in [-0.15, -0.1) is 0 Å². The second-order valence-corrected chi connectivity index (χ2v) is 6.90. The summed E-state index contributed by atoms with van der Waals surface area (Å²) >= 11 is 5.20. The molecule has 142 valence electrons. The van der Waals surface area contributed by atoms with Crippen molar-refractivity contribution in [1.82, 2.24) is 15.8 Å². The molecule has 2 rings (SSSR count). The van der Waals surface area contributed by atoms with E-state index in [0.717, 1.165) is 24.9 Å². The Bertz CT molecular complexity index is 635. The van der Waals surface area contributed by atoms with E-state index in [9.17, 15) is 9.59 Å². The summed E-state index contributed by atoms with van der Waals surface area (Å²) in [6.07, 6.45) is 4.89. The number of carbonyl (C=O) groups excluding carboxylic acids is 2. The summed E-state index contributed by atoms with van der Waals surface area (Å²) in [6.45, 7) is 3.11. The average molecular weight is 378 g/mol. The molecule has 0 radical (unpaired) electrons. The Hall–Kier alpha value is -2.35. The quantitative estimate of drug-likeness (QED) is 0.465. The second kappa shape index (κ2) is 9.96. The van der Waals surface area contributed by atoms with E-state index in [1.54, 1.807) is 0 Å². The van der Waals surface area contributed by atoms with Gasteiger partial charge in [0.25, 0.3) is 0 Å². The van der Waals surface area contributed by atoms with Crippen LogP contribution in [0.1, 0.15) is 38.2 Å². The molecule has 0 unspecified atom stereocenters. The highest BCUT2D eigenvalue weighted by atomic mass is 32.1. The molecule has 0 saturated carbocycles. The summed E-state index contributed by atoms with van der Waals surface area (Å²) in [6, 6.07) is 7.58. The molecule has 1 saturated heterocycles. The van der Waals surface area contributed by atoms with Gasteiger partial charge >= 0.3 is 6.03 Å². The molecule has 8 heteroatoms. The number of piperidine rings is 1. The number of nitrogens with two attached hydrogens (primary N) is 1. The topological polar surface area (TPSA) is 99.5 Å². The molecule has 1 aliphatic rings. The van der Waals surface area contributed by atoms with Gasteiger partial charge in [-0.1, -0.05) is 25.5 Å². The molecule has 5 N–H and O–H groups in total. The van der Waals surface area contributed by atoms with E-state index in [1.807, 2.05) is 12.1 Å². The molecule has 1 atom stereocenters. The van der Waals surface area contributed by atoms with Crippen molar-refractivity contribution in [1.29, 1.82) is 0 Å². The van der Waals surface area contributed by atoms with Crippen LogP contribution in [0.2, 0.25) is 0 Å². The minimum Gasteiger partial charge on any atom is -0.351 e. The number of urea groups is 1. The van der Waals surface area contributed by atoms with Crippen LogP contribution in [0.5, 0.6) is 0 Å². The number of aryl methyl sites for hydroxylation is 1. The van der Waals surface area contributed by atoms with Crippen LogP contribution in [0.15, 0.2) is 24.3 Å². The molecule has 0 bridgehead atoms. The van der Waals surface area contributed by atoms with Crippen molar-refractivity contribution in [3.8, 4) is 0 Å². The van der Waals surface area contributed by atoms with E-state index in [2.05, 4.69) is 35.2 Å². The van der Waals surface area contributed by atoms with Crippen molar-refractivity contribution in [3.05, 3.63) is 29.8 Å². The number of primary amides is 1. The van der Waals surface area contributed by atoms with Crippen LogP contribution in [0.25, 0.3) is 0 Å². The van der Waals surface area contributed by atoms with Crippen LogP contribution in [-0.2, 0) is 11.2 Å². The van der Waals surface area contributed by atoms with Gasteiger partial charge in [0.2, 0.25) is 5.91 Å². The number of rotatable bonds is 5. The lowest BCUT2D eigenvalue weighted by Crippen LogP contribution is -2.51. The van der Waals surface area contributed by atoms with Crippen molar-refractivity contribution in [2.24, 2.45) is 11.7 Å². The molecule has 1 heterocycles. The third-order valence-corrected chi connectivity index (χ3v) is 4.64. The minimum absolute atomic E-state index is 0.199. The summed E-state index contributed by atoms with van der Waals surface area (Å²) in [7, 11) is 0. The Morgan fingerprint density at radius 2 is 2.00 bits per heavy atom. The van der Waals surface area contributed by atoms with Crippen molar-refractivity contribution >= 4 is 35.0 Å². The first-order chi connectivity index (χ1) is 12.5. The van der Waals surface area contributed by atoms with Crippen LogP contribution in [0, 0.1) is 5.92 Å². The Morgan fingerprint density at radius 1 is 1.27 bits per heavy atom. The lowest BCUT2D eigenvalue weighted by atomic mass is 9.98. The normalized spacial score (nSPS) is 16.7. The van der Waals surface area contributed by atoms with E-state index in [-0.39, 0.29) is 11.8 Å². The van der Waals surface area contributed by atoms with Crippen molar-refractivity contribution in [2.75, 3.05) is 18.4 Å². The third-order valence-electron chi connectivity index (χ3n) is 4.43. The molecule has 0 spiro atoms. The highest BCUT2D eigenvalue weighted by molar-refractivity contribution is 7.80. The summed E-state index contributed by atoms with van der Waals surface area (Å²) in [4.78, 5) is 25.0. The zero-order valence-electron chi connectivity index (χ0n) is 15.1. The molecule has 7 nitrogen and oxygen atoms in total. The molecule has 1 aliphatic heterocycles. The van der Waals surface area contributed by atoms with E-state index in [1.165, 1.54) is 23.3 Å². The van der Waals surface area contributed by atoms with Crippen molar-refractivity contribution in [2.45, 2.75) is 39.0 Å². The number of unbranched alkanes of at least 4 members (excludes halogenated alkanes) is 1. The number of thiocarbonyl (C=S) groups is 1. The number of nitrogens with zero attached hydrogens (tertiary/aromatic N) is 1. The van der Waals surface area contributed by atoms with Gasteiger partial charge in [0.1, 0.15) is 0 Å². The lowest BCUT2D eigenvalue weighted by molar-refractivity contribution is -0.126. The van der Waals surface area contributed by atoms with Gasteiger partial charge in [0, 0.05) is 18.8 Å². The van der Waals surface area contributed by atoms with Crippen LogP contribution < -0.4 is 21.9 Å². The van der Waals surface area contributed by atoms with E-state index in [0.29, 0.717) is 18.2 Å². The fourth-order valence-corrected chi connectivity index (χ4v) is 3.08. The second-order valence-electron chi connectivity index (χ2n) is 6.49. The monoisotopic (exact) mass is 377 g/mol. The largest absolute Gasteiger partial charge is 0.351 e. The Kier molecular flexibility index (Phi) is 7.65. The van der Waals surface area contributed by atoms with Crippen LogP contribution >= 0.6 is 12.2 Å². The molecule has 1 aromatic carbocycles. The fraction of sp³-hybridized carbons (Fsp3) is 0.500. The Morgan fingerprint density at radius 3 is 2.65 bits per heavy atom. The molecule has 1 aromatic rings. The van der Waals surface area contributed by atoms with Crippen molar-refractivity contribution in [3.63, 3.8) is 0 Å². The van der Waals surface area contributed by atoms with Crippen LogP contribution in [-0.4, -0.2) is 35.0 Å². The molecule has 3 amide bonds. The first kappa shape index (κ1) is 20.0. The number of anilines is 1. The molecule has 26 heavy (non-hydrogen) atoms. The summed E-state index contributed by atoms with van der Waals surface area (Å²) in [5.74, 6) is -0.487. The first-order valence-corrected chi connectivity index (χ1v) is 9.40. The third kappa shape index (κ3) is 6.18. The number of nitrogens with one attached hydrogen (secondary N) is 3. The highest BCUT2D eigenvalue weighted by Gasteiger charge is 2.27. The van der Waals surface area contributed by atoms with Gasteiger partial charge in [-0.05, 0) is 55.6 Å². The van der Waals surface area contributed by atoms with Crippen LogP contribution in [0.3, 0.4) is 0 Å². The maximum absolute atomic E-state index is 12.2. The number of carbonyl (C=O) groups is 2. The standard InChI is InChI=1S/C18H27N5O2S/c1-2-3-5-13-7-9-15(10-8-13)20-18(26)22-21-16(24)14-6-4-11-23(12-14)17(19)25/h7-10,14H,2-6,11-12H2,1H3,(H2,19,25)(H,21,24)(H2,20,22,26)/t14-/m1/s1. The highest BCUT2D eigenvalue weighted by Crippen LogP contribution is 2.16. The predicted molar refractivity (Wildman–Crippen MR) is 106 cm³/mol. The Labute approximate surface area is 159 Å². The van der Waals surface area contributed by atoms with E-state index in [4.69, 9.17) is 18.0 Å². The maximum atomic E-state index is 12.2. The number of hydrazine groups is 1. The summed E-state index contributed by atoms with van der Waals surface area (Å²) in [5.41, 5.74) is 12.7. The number of hydrogen-bond acceptors (Lipinski definition) is 3. The smallest absolute Gasteiger partial charge is 0.314 e. The van der Waals surface area contributed by atoms with Gasteiger partial charge in [-0.2, -0.15) is 0 Å².